The molecule has 1 aromatic carbocycles. The highest BCUT2D eigenvalue weighted by molar-refractivity contribution is 7.89. The molecule has 0 bridgehead atoms. The van der Waals surface area contributed by atoms with Crippen molar-refractivity contribution in [3.05, 3.63) is 18.2 Å². The Labute approximate surface area is 177 Å². The molecule has 0 atom stereocenters. The second-order valence-electron chi connectivity index (χ2n) is 8.50. The highest BCUT2D eigenvalue weighted by atomic mass is 32.2. The zero-order valence-electron chi connectivity index (χ0n) is 17.6. The third kappa shape index (κ3) is 5.42. The summed E-state index contributed by atoms with van der Waals surface area (Å²) in [5.74, 6) is 0.153. The van der Waals surface area contributed by atoms with Crippen LogP contribution in [0.15, 0.2) is 23.1 Å². The standard InChI is InChI=1S/C20H29N3O6S/c1-20(2,3)22-18(24)13-21-19(25)14-6-8-23(9-7-14)30(26,27)15-4-5-16-17(12-15)29-11-10-28-16/h4-5,12,14H,6-11,13H2,1-3H3,(H,21,25)(H,22,24). The van der Waals surface area contributed by atoms with Gasteiger partial charge in [-0.05, 0) is 45.7 Å². The van der Waals surface area contributed by atoms with E-state index in [4.69, 9.17) is 9.47 Å². The van der Waals surface area contributed by atoms with Crippen molar-refractivity contribution in [2.75, 3.05) is 32.8 Å². The van der Waals surface area contributed by atoms with E-state index < -0.39 is 10.0 Å². The Morgan fingerprint density at radius 1 is 1.10 bits per heavy atom. The van der Waals surface area contributed by atoms with E-state index in [-0.39, 0.29) is 47.8 Å². The zero-order valence-corrected chi connectivity index (χ0v) is 18.4. The minimum absolute atomic E-state index is 0.0915. The van der Waals surface area contributed by atoms with Crippen molar-refractivity contribution >= 4 is 21.8 Å². The summed E-state index contributed by atoms with van der Waals surface area (Å²) < 4.78 is 38.2. The Balaban J connectivity index is 1.54. The van der Waals surface area contributed by atoms with Gasteiger partial charge in [0, 0.05) is 30.6 Å². The lowest BCUT2D eigenvalue weighted by atomic mass is 9.97. The summed E-state index contributed by atoms with van der Waals surface area (Å²) in [6.45, 7) is 6.80. The molecule has 1 aromatic rings. The van der Waals surface area contributed by atoms with Crippen LogP contribution in [0, 0.1) is 5.92 Å². The third-order valence-corrected chi connectivity index (χ3v) is 6.81. The number of fused-ring (bicyclic) bond motifs is 1. The molecule has 30 heavy (non-hydrogen) atoms. The average molecular weight is 440 g/mol. The van der Waals surface area contributed by atoms with E-state index >= 15 is 0 Å². The van der Waals surface area contributed by atoms with Crippen molar-refractivity contribution < 1.29 is 27.5 Å². The Bertz CT molecular complexity index is 902. The maximum absolute atomic E-state index is 13.0. The van der Waals surface area contributed by atoms with E-state index in [1.165, 1.54) is 16.4 Å². The van der Waals surface area contributed by atoms with Crippen LogP contribution in [0.3, 0.4) is 0 Å². The summed E-state index contributed by atoms with van der Waals surface area (Å²) in [6.07, 6.45) is 0.799. The number of carbonyl (C=O) groups is 2. The summed E-state index contributed by atoms with van der Waals surface area (Å²) in [7, 11) is -3.69. The molecule has 10 heteroatoms. The molecule has 1 fully saturated rings. The maximum atomic E-state index is 13.0. The highest BCUT2D eigenvalue weighted by Crippen LogP contribution is 2.34. The van der Waals surface area contributed by atoms with Gasteiger partial charge in [-0.15, -0.1) is 0 Å². The van der Waals surface area contributed by atoms with Crippen molar-refractivity contribution in [2.24, 2.45) is 5.92 Å². The Morgan fingerprint density at radius 3 is 2.37 bits per heavy atom. The van der Waals surface area contributed by atoms with Crippen molar-refractivity contribution in [1.82, 2.24) is 14.9 Å². The second-order valence-corrected chi connectivity index (χ2v) is 10.4. The number of hydrogen-bond donors (Lipinski definition) is 2. The molecule has 2 amide bonds. The van der Waals surface area contributed by atoms with Gasteiger partial charge >= 0.3 is 0 Å². The van der Waals surface area contributed by atoms with Gasteiger partial charge in [0.05, 0.1) is 11.4 Å². The van der Waals surface area contributed by atoms with Gasteiger partial charge in [-0.2, -0.15) is 4.31 Å². The number of nitrogens with one attached hydrogen (secondary N) is 2. The zero-order chi connectivity index (χ0) is 21.9. The molecule has 0 aliphatic carbocycles. The lowest BCUT2D eigenvalue weighted by Crippen LogP contribution is -2.48. The fraction of sp³-hybridized carbons (Fsp3) is 0.600. The first kappa shape index (κ1) is 22.4. The van der Waals surface area contributed by atoms with Crippen LogP contribution in [0.25, 0.3) is 0 Å². The number of amides is 2. The third-order valence-electron chi connectivity index (χ3n) is 4.91. The fourth-order valence-corrected chi connectivity index (χ4v) is 4.95. The van der Waals surface area contributed by atoms with Crippen LogP contribution >= 0.6 is 0 Å². The SMILES string of the molecule is CC(C)(C)NC(=O)CNC(=O)C1CCN(S(=O)(=O)c2ccc3c(c2)OCCO3)CC1. The van der Waals surface area contributed by atoms with Crippen molar-refractivity contribution in [2.45, 2.75) is 44.0 Å². The molecule has 0 aromatic heterocycles. The van der Waals surface area contributed by atoms with Crippen LogP contribution in [-0.4, -0.2) is 62.9 Å². The molecule has 0 spiro atoms. The summed E-state index contributed by atoms with van der Waals surface area (Å²) in [4.78, 5) is 24.4. The van der Waals surface area contributed by atoms with E-state index in [2.05, 4.69) is 10.6 Å². The quantitative estimate of drug-likeness (QED) is 0.704. The number of nitrogens with zero attached hydrogens (tertiary/aromatic N) is 1. The number of hydrogen-bond acceptors (Lipinski definition) is 6. The first-order valence-electron chi connectivity index (χ1n) is 10.0. The predicted octanol–water partition coefficient (Wildman–Crippen LogP) is 0.889. The van der Waals surface area contributed by atoms with Crippen LogP contribution in [0.2, 0.25) is 0 Å². The summed E-state index contributed by atoms with van der Waals surface area (Å²) in [6, 6.07) is 4.59. The number of sulfonamides is 1. The molecule has 0 unspecified atom stereocenters. The number of carbonyl (C=O) groups excluding carboxylic acids is 2. The molecule has 0 radical (unpaired) electrons. The van der Waals surface area contributed by atoms with Gasteiger partial charge in [0.25, 0.3) is 0 Å². The number of benzene rings is 1. The van der Waals surface area contributed by atoms with Crippen LogP contribution in [-0.2, 0) is 19.6 Å². The first-order valence-corrected chi connectivity index (χ1v) is 11.5. The smallest absolute Gasteiger partial charge is 0.243 e. The number of ether oxygens (including phenoxy) is 2. The normalized spacial score (nSPS) is 18.0. The molecule has 2 N–H and O–H groups in total. The van der Waals surface area contributed by atoms with E-state index in [0.717, 1.165) is 0 Å². The topological polar surface area (TPSA) is 114 Å². The lowest BCUT2D eigenvalue weighted by molar-refractivity contribution is -0.129. The molecule has 2 aliphatic rings. The van der Waals surface area contributed by atoms with Crippen LogP contribution in [0.5, 0.6) is 11.5 Å². The molecular weight excluding hydrogens is 410 g/mol. The van der Waals surface area contributed by atoms with Gasteiger partial charge in [0.15, 0.2) is 11.5 Å². The maximum Gasteiger partial charge on any atom is 0.243 e. The summed E-state index contributed by atoms with van der Waals surface area (Å²) in [5, 5.41) is 5.43. The van der Waals surface area contributed by atoms with E-state index in [1.54, 1.807) is 6.07 Å². The molecule has 1 saturated heterocycles. The van der Waals surface area contributed by atoms with Crippen LogP contribution < -0.4 is 20.1 Å². The predicted molar refractivity (Wildman–Crippen MR) is 110 cm³/mol. The van der Waals surface area contributed by atoms with E-state index in [0.29, 0.717) is 37.6 Å². The van der Waals surface area contributed by atoms with E-state index in [9.17, 15) is 18.0 Å². The minimum atomic E-state index is -3.69. The van der Waals surface area contributed by atoms with Gasteiger partial charge in [0.2, 0.25) is 21.8 Å². The molecule has 3 rings (SSSR count). The number of piperidine rings is 1. The van der Waals surface area contributed by atoms with Gasteiger partial charge < -0.3 is 20.1 Å². The van der Waals surface area contributed by atoms with Gasteiger partial charge in [0.1, 0.15) is 13.2 Å². The van der Waals surface area contributed by atoms with Gasteiger partial charge in [-0.3, -0.25) is 9.59 Å². The molecular formula is C20H29N3O6S. The average Bonchev–Trinajstić information content (AvgIpc) is 2.70. The van der Waals surface area contributed by atoms with Crippen molar-refractivity contribution in [3.63, 3.8) is 0 Å². The fourth-order valence-electron chi connectivity index (χ4n) is 3.47. The molecule has 2 heterocycles. The first-order chi connectivity index (χ1) is 14.1. The summed E-state index contributed by atoms with van der Waals surface area (Å²) >= 11 is 0. The van der Waals surface area contributed by atoms with Crippen molar-refractivity contribution in [1.29, 1.82) is 0 Å². The largest absolute Gasteiger partial charge is 0.486 e. The Morgan fingerprint density at radius 2 is 1.73 bits per heavy atom. The van der Waals surface area contributed by atoms with Crippen molar-refractivity contribution in [3.8, 4) is 11.5 Å². The molecule has 2 aliphatic heterocycles. The lowest BCUT2D eigenvalue weighted by Gasteiger charge is -2.31. The Kier molecular flexibility index (Phi) is 6.56. The Hall–Kier alpha value is -2.33. The molecule has 9 nitrogen and oxygen atoms in total. The minimum Gasteiger partial charge on any atom is -0.486 e. The van der Waals surface area contributed by atoms with Gasteiger partial charge in [-0.25, -0.2) is 8.42 Å². The number of rotatable bonds is 5. The highest BCUT2D eigenvalue weighted by Gasteiger charge is 2.33. The van der Waals surface area contributed by atoms with Crippen LogP contribution in [0.1, 0.15) is 33.6 Å². The molecule has 166 valence electrons. The monoisotopic (exact) mass is 439 g/mol. The summed E-state index contributed by atoms with van der Waals surface area (Å²) in [5.41, 5.74) is -0.366. The van der Waals surface area contributed by atoms with Gasteiger partial charge in [-0.1, -0.05) is 0 Å². The van der Waals surface area contributed by atoms with Crippen LogP contribution in [0.4, 0.5) is 0 Å². The molecule has 0 saturated carbocycles. The van der Waals surface area contributed by atoms with E-state index in [1.807, 2.05) is 20.8 Å². The second kappa shape index (κ2) is 8.81.